The molecule has 160 valence electrons. The van der Waals surface area contributed by atoms with E-state index in [2.05, 4.69) is 29.0 Å². The van der Waals surface area contributed by atoms with Crippen LogP contribution in [0.2, 0.25) is 0 Å². The lowest BCUT2D eigenvalue weighted by Crippen LogP contribution is -2.42. The smallest absolute Gasteiger partial charge is 0.254 e. The summed E-state index contributed by atoms with van der Waals surface area (Å²) in [5.41, 5.74) is 4.40. The molecule has 0 aliphatic carbocycles. The molecule has 0 saturated heterocycles. The molecule has 2 aliphatic rings. The summed E-state index contributed by atoms with van der Waals surface area (Å²) < 4.78 is 28.0. The van der Waals surface area contributed by atoms with Crippen LogP contribution in [0.25, 0.3) is 0 Å². The van der Waals surface area contributed by atoms with Crippen LogP contribution in [0.5, 0.6) is 0 Å². The number of nitrogens with zero attached hydrogens (tertiary/aromatic N) is 3. The minimum atomic E-state index is -3.33. The zero-order valence-corrected chi connectivity index (χ0v) is 18.3. The van der Waals surface area contributed by atoms with Crippen molar-refractivity contribution >= 4 is 21.6 Å². The number of sulfonamides is 1. The van der Waals surface area contributed by atoms with Crippen molar-refractivity contribution in [3.63, 3.8) is 0 Å². The first kappa shape index (κ1) is 19.9. The van der Waals surface area contributed by atoms with E-state index in [-0.39, 0.29) is 11.9 Å². The van der Waals surface area contributed by atoms with Gasteiger partial charge in [0.1, 0.15) is 0 Å². The van der Waals surface area contributed by atoms with Crippen molar-refractivity contribution in [2.24, 2.45) is 0 Å². The summed E-state index contributed by atoms with van der Waals surface area (Å²) in [7, 11) is -3.33. The summed E-state index contributed by atoms with van der Waals surface area (Å²) >= 11 is 0. The maximum atomic E-state index is 13.7. The standard InChI is InChI=1S/C24H25N3O3S/c1-31(29,30)27-14-5-9-19-17-20(11-12-21(19)27)24(28)26-16-15-25-13-6-10-22(25)23(26)18-7-3-2-4-8-18/h2-4,6-8,10-13,17,23H,5,9,14-16H2,1H3. The molecule has 0 N–H and O–H groups in total. The number of carbonyl (C=O) groups excluding carboxylic acids is 1. The van der Waals surface area contributed by atoms with Gasteiger partial charge in [0.2, 0.25) is 10.0 Å². The maximum Gasteiger partial charge on any atom is 0.254 e. The Morgan fingerprint density at radius 2 is 1.77 bits per heavy atom. The van der Waals surface area contributed by atoms with Crippen LogP contribution in [0.15, 0.2) is 66.9 Å². The fourth-order valence-corrected chi connectivity index (χ4v) is 5.79. The number of anilines is 1. The van der Waals surface area contributed by atoms with Crippen molar-refractivity contribution in [2.45, 2.75) is 25.4 Å². The number of amides is 1. The summed E-state index contributed by atoms with van der Waals surface area (Å²) in [5, 5.41) is 0. The summed E-state index contributed by atoms with van der Waals surface area (Å²) in [6, 6.07) is 19.5. The quantitative estimate of drug-likeness (QED) is 0.633. The van der Waals surface area contributed by atoms with Gasteiger partial charge in [-0.05, 0) is 54.3 Å². The van der Waals surface area contributed by atoms with Gasteiger partial charge in [0, 0.05) is 37.1 Å². The summed E-state index contributed by atoms with van der Waals surface area (Å²) in [6.45, 7) is 1.86. The largest absolute Gasteiger partial charge is 0.348 e. The zero-order chi connectivity index (χ0) is 21.6. The molecule has 3 aromatic rings. The predicted octanol–water partition coefficient (Wildman–Crippen LogP) is 3.45. The third-order valence-electron chi connectivity index (χ3n) is 6.22. The highest BCUT2D eigenvalue weighted by molar-refractivity contribution is 7.92. The second-order valence-corrected chi connectivity index (χ2v) is 10.1. The highest BCUT2D eigenvalue weighted by Crippen LogP contribution is 2.35. The number of aryl methyl sites for hydroxylation is 1. The van der Waals surface area contributed by atoms with E-state index in [1.54, 1.807) is 12.1 Å². The Morgan fingerprint density at radius 1 is 0.968 bits per heavy atom. The van der Waals surface area contributed by atoms with Crippen molar-refractivity contribution in [1.82, 2.24) is 9.47 Å². The SMILES string of the molecule is CS(=O)(=O)N1CCCc2cc(C(=O)N3CCn4cccc4C3c3ccccc3)ccc21. The van der Waals surface area contributed by atoms with Gasteiger partial charge in [0.05, 0.1) is 18.0 Å². The Balaban J connectivity index is 1.52. The lowest BCUT2D eigenvalue weighted by Gasteiger charge is -2.37. The summed E-state index contributed by atoms with van der Waals surface area (Å²) in [4.78, 5) is 15.6. The van der Waals surface area contributed by atoms with Crippen LogP contribution in [-0.2, 0) is 23.0 Å². The number of carbonyl (C=O) groups is 1. The maximum absolute atomic E-state index is 13.7. The first-order valence-electron chi connectivity index (χ1n) is 10.5. The Labute approximate surface area is 182 Å². The molecule has 0 spiro atoms. The molecule has 1 amide bonds. The molecule has 0 saturated carbocycles. The molecule has 1 aromatic heterocycles. The number of fused-ring (bicyclic) bond motifs is 2. The van der Waals surface area contributed by atoms with Crippen LogP contribution in [-0.4, -0.2) is 43.1 Å². The average Bonchev–Trinajstić information content (AvgIpc) is 3.26. The van der Waals surface area contributed by atoms with Crippen LogP contribution in [0.1, 0.15) is 39.6 Å². The normalized spacial score (nSPS) is 18.4. The van der Waals surface area contributed by atoms with Crippen molar-refractivity contribution < 1.29 is 13.2 Å². The lowest BCUT2D eigenvalue weighted by molar-refractivity contribution is 0.0664. The predicted molar refractivity (Wildman–Crippen MR) is 121 cm³/mol. The van der Waals surface area contributed by atoms with E-state index in [1.807, 2.05) is 35.2 Å². The topological polar surface area (TPSA) is 62.6 Å². The van der Waals surface area contributed by atoms with Gasteiger partial charge >= 0.3 is 0 Å². The van der Waals surface area contributed by atoms with E-state index in [9.17, 15) is 13.2 Å². The molecular weight excluding hydrogens is 410 g/mol. The molecule has 3 heterocycles. The van der Waals surface area contributed by atoms with Gasteiger partial charge in [-0.25, -0.2) is 8.42 Å². The van der Waals surface area contributed by atoms with Crippen molar-refractivity contribution in [2.75, 3.05) is 23.7 Å². The molecule has 0 fully saturated rings. The third kappa shape index (κ3) is 3.53. The Hall–Kier alpha value is -3.06. The Morgan fingerprint density at radius 3 is 2.55 bits per heavy atom. The molecule has 1 unspecified atom stereocenters. The van der Waals surface area contributed by atoms with Gasteiger partial charge in [-0.2, -0.15) is 0 Å². The lowest BCUT2D eigenvalue weighted by atomic mass is 9.97. The molecule has 5 rings (SSSR count). The van der Waals surface area contributed by atoms with E-state index >= 15 is 0 Å². The minimum absolute atomic E-state index is 0.0272. The first-order valence-corrected chi connectivity index (χ1v) is 12.4. The molecular formula is C24H25N3O3S. The van der Waals surface area contributed by atoms with Gasteiger partial charge in [0.25, 0.3) is 5.91 Å². The van der Waals surface area contributed by atoms with Crippen LogP contribution in [0.4, 0.5) is 5.69 Å². The van der Waals surface area contributed by atoms with Crippen LogP contribution >= 0.6 is 0 Å². The van der Waals surface area contributed by atoms with Gasteiger partial charge in [-0.1, -0.05) is 30.3 Å². The van der Waals surface area contributed by atoms with Gasteiger partial charge in [0.15, 0.2) is 0 Å². The van der Waals surface area contributed by atoms with Crippen LogP contribution < -0.4 is 4.31 Å². The van der Waals surface area contributed by atoms with E-state index in [0.29, 0.717) is 24.3 Å². The number of rotatable bonds is 3. The first-order chi connectivity index (χ1) is 14.9. The highest BCUT2D eigenvalue weighted by atomic mass is 32.2. The average molecular weight is 436 g/mol. The van der Waals surface area contributed by atoms with E-state index < -0.39 is 10.0 Å². The number of benzene rings is 2. The molecule has 6 nitrogen and oxygen atoms in total. The summed E-state index contributed by atoms with van der Waals surface area (Å²) in [5.74, 6) is -0.0272. The fraction of sp³-hybridized carbons (Fsp3) is 0.292. The Bertz CT molecular complexity index is 1230. The molecule has 0 bridgehead atoms. The second kappa shape index (κ2) is 7.57. The van der Waals surface area contributed by atoms with E-state index in [1.165, 1.54) is 10.6 Å². The van der Waals surface area contributed by atoms with Crippen LogP contribution in [0.3, 0.4) is 0 Å². The molecule has 7 heteroatoms. The summed E-state index contributed by atoms with van der Waals surface area (Å²) in [6.07, 6.45) is 4.81. The third-order valence-corrected chi connectivity index (χ3v) is 7.40. The van der Waals surface area contributed by atoms with Crippen molar-refractivity contribution in [3.8, 4) is 0 Å². The fourth-order valence-electron chi connectivity index (χ4n) is 4.79. The van der Waals surface area contributed by atoms with Gasteiger partial charge in [-0.3, -0.25) is 9.10 Å². The van der Waals surface area contributed by atoms with E-state index in [4.69, 9.17) is 0 Å². The van der Waals surface area contributed by atoms with Crippen molar-refractivity contribution in [3.05, 3.63) is 89.2 Å². The number of hydrogen-bond acceptors (Lipinski definition) is 3. The molecule has 0 radical (unpaired) electrons. The second-order valence-electron chi connectivity index (χ2n) is 8.22. The number of hydrogen-bond donors (Lipinski definition) is 0. The van der Waals surface area contributed by atoms with Gasteiger partial charge < -0.3 is 9.47 Å². The van der Waals surface area contributed by atoms with Gasteiger partial charge in [-0.15, -0.1) is 0 Å². The molecule has 31 heavy (non-hydrogen) atoms. The van der Waals surface area contributed by atoms with Crippen LogP contribution in [0, 0.1) is 0 Å². The monoisotopic (exact) mass is 435 g/mol. The minimum Gasteiger partial charge on any atom is -0.348 e. The van der Waals surface area contributed by atoms with E-state index in [0.717, 1.165) is 36.2 Å². The highest BCUT2D eigenvalue weighted by Gasteiger charge is 2.33. The zero-order valence-electron chi connectivity index (χ0n) is 17.4. The molecule has 2 aliphatic heterocycles. The Kier molecular flexibility index (Phi) is 4.85. The van der Waals surface area contributed by atoms with Crippen molar-refractivity contribution in [1.29, 1.82) is 0 Å². The molecule has 2 aromatic carbocycles. The molecule has 1 atom stereocenters. The number of aromatic nitrogens is 1.